The third-order valence-electron chi connectivity index (χ3n) is 1.47. The average Bonchev–Trinajstić information content (AvgIpc) is 1.84. The van der Waals surface area contributed by atoms with Crippen LogP contribution in [-0.4, -0.2) is 33.1 Å². The van der Waals surface area contributed by atoms with E-state index in [1.165, 1.54) is 5.04 Å². The highest BCUT2D eigenvalue weighted by atomic mass is 32.2. The molecule has 0 fully saturated rings. The second kappa shape index (κ2) is 3.05. The number of thioether (sulfide) groups is 1. The van der Waals surface area contributed by atoms with Gasteiger partial charge in [-0.25, -0.2) is 4.58 Å². The summed E-state index contributed by atoms with van der Waals surface area (Å²) in [4.78, 5) is 10.1. The Hall–Kier alpha value is -0.510. The molecule has 0 amide bonds. The smallest absolute Gasteiger partial charge is 0.309 e. The molecule has 0 aromatic rings. The van der Waals surface area contributed by atoms with Crippen LogP contribution in [0.2, 0.25) is 0 Å². The van der Waals surface area contributed by atoms with Crippen LogP contribution in [0, 0.1) is 0 Å². The average molecular weight is 160 g/mol. The highest BCUT2D eigenvalue weighted by molar-refractivity contribution is 8.14. The SMILES string of the molecule is CC1=[N+](CCC(=O)O)CS1. The number of hydrogen-bond acceptors (Lipinski definition) is 2. The van der Waals surface area contributed by atoms with Crippen molar-refractivity contribution in [2.24, 2.45) is 0 Å². The quantitative estimate of drug-likeness (QED) is 0.614. The van der Waals surface area contributed by atoms with Crippen LogP contribution in [0.3, 0.4) is 0 Å². The first kappa shape index (κ1) is 7.60. The molecule has 0 atom stereocenters. The standard InChI is InChI=1S/C6H9NO2S/c1-5-7(4-10-5)3-2-6(8)9/h2-4H2,1H3/p+1. The predicted molar refractivity (Wildman–Crippen MR) is 40.5 cm³/mol. The number of nitrogens with zero attached hydrogens (tertiary/aromatic N) is 1. The summed E-state index contributed by atoms with van der Waals surface area (Å²) >= 11 is 1.77. The van der Waals surface area contributed by atoms with Crippen LogP contribution in [0.15, 0.2) is 0 Å². The van der Waals surface area contributed by atoms with Crippen molar-refractivity contribution in [2.75, 3.05) is 12.4 Å². The minimum Gasteiger partial charge on any atom is -0.481 e. The fourth-order valence-electron chi connectivity index (χ4n) is 0.738. The third-order valence-corrected chi connectivity index (χ3v) is 2.59. The maximum absolute atomic E-state index is 10.1. The van der Waals surface area contributed by atoms with Gasteiger partial charge >= 0.3 is 5.97 Å². The lowest BCUT2D eigenvalue weighted by atomic mass is 10.4. The van der Waals surface area contributed by atoms with Gasteiger partial charge in [-0.1, -0.05) is 0 Å². The van der Waals surface area contributed by atoms with Crippen molar-refractivity contribution in [3.8, 4) is 0 Å². The number of hydrogen-bond donors (Lipinski definition) is 1. The molecule has 1 rings (SSSR count). The Balaban J connectivity index is 2.27. The summed E-state index contributed by atoms with van der Waals surface area (Å²) in [7, 11) is 0. The van der Waals surface area contributed by atoms with Gasteiger partial charge in [-0.15, -0.1) is 0 Å². The Labute approximate surface area is 63.7 Å². The monoisotopic (exact) mass is 160 g/mol. The Bertz CT molecular complexity index is 188. The molecule has 1 heterocycles. The normalized spacial score (nSPS) is 16.9. The fourth-order valence-corrected chi connectivity index (χ4v) is 1.53. The maximum atomic E-state index is 10.1. The van der Waals surface area contributed by atoms with Crippen LogP contribution in [0.1, 0.15) is 13.3 Å². The molecule has 0 spiro atoms. The fraction of sp³-hybridized carbons (Fsp3) is 0.667. The van der Waals surface area contributed by atoms with Gasteiger partial charge in [-0.3, -0.25) is 4.79 Å². The molecule has 1 aliphatic heterocycles. The summed E-state index contributed by atoms with van der Waals surface area (Å²) < 4.78 is 2.07. The van der Waals surface area contributed by atoms with Crippen molar-refractivity contribution in [1.82, 2.24) is 0 Å². The van der Waals surface area contributed by atoms with E-state index in [2.05, 4.69) is 4.58 Å². The summed E-state index contributed by atoms with van der Waals surface area (Å²) in [6.07, 6.45) is 0.248. The molecule has 3 nitrogen and oxygen atoms in total. The van der Waals surface area contributed by atoms with Gasteiger partial charge in [-0.2, -0.15) is 0 Å². The van der Waals surface area contributed by atoms with Crippen LogP contribution in [0.4, 0.5) is 0 Å². The van der Waals surface area contributed by atoms with Crippen LogP contribution < -0.4 is 0 Å². The van der Waals surface area contributed by atoms with Crippen molar-refractivity contribution in [1.29, 1.82) is 0 Å². The molecule has 0 aromatic carbocycles. The second-order valence-corrected chi connectivity index (χ2v) is 3.34. The highest BCUT2D eigenvalue weighted by Gasteiger charge is 2.22. The van der Waals surface area contributed by atoms with Gasteiger partial charge in [0, 0.05) is 18.7 Å². The molecule has 56 valence electrons. The molecular formula is C6H10NO2S+. The van der Waals surface area contributed by atoms with Crippen LogP contribution in [0.5, 0.6) is 0 Å². The van der Waals surface area contributed by atoms with Gasteiger partial charge < -0.3 is 5.11 Å². The highest BCUT2D eigenvalue weighted by Crippen LogP contribution is 2.14. The van der Waals surface area contributed by atoms with Gasteiger partial charge in [0.25, 0.3) is 0 Å². The van der Waals surface area contributed by atoms with E-state index in [1.54, 1.807) is 11.8 Å². The maximum Gasteiger partial charge on any atom is 0.309 e. The number of carboxylic acid groups (broad SMARTS) is 1. The summed E-state index contributed by atoms with van der Waals surface area (Å²) in [6, 6.07) is 0. The Morgan fingerprint density at radius 2 is 2.60 bits per heavy atom. The first-order chi connectivity index (χ1) is 4.70. The lowest BCUT2D eigenvalue weighted by molar-refractivity contribution is -0.512. The van der Waals surface area contributed by atoms with E-state index in [9.17, 15) is 4.79 Å². The molecule has 4 heteroatoms. The lowest BCUT2D eigenvalue weighted by Crippen LogP contribution is -2.28. The van der Waals surface area contributed by atoms with E-state index < -0.39 is 5.97 Å². The minimum atomic E-state index is -0.718. The first-order valence-electron chi connectivity index (χ1n) is 3.13. The van der Waals surface area contributed by atoms with Gasteiger partial charge in [0.05, 0.1) is 0 Å². The van der Waals surface area contributed by atoms with Crippen molar-refractivity contribution in [2.45, 2.75) is 13.3 Å². The molecule has 0 aromatic heterocycles. The van der Waals surface area contributed by atoms with Crippen LogP contribution in [0.25, 0.3) is 0 Å². The topological polar surface area (TPSA) is 40.3 Å². The Morgan fingerprint density at radius 1 is 1.90 bits per heavy atom. The van der Waals surface area contributed by atoms with E-state index in [4.69, 9.17) is 5.11 Å². The molecule has 1 aliphatic rings. The third kappa shape index (κ3) is 1.73. The van der Waals surface area contributed by atoms with Crippen LogP contribution >= 0.6 is 11.8 Å². The first-order valence-corrected chi connectivity index (χ1v) is 4.12. The zero-order valence-corrected chi connectivity index (χ0v) is 6.65. The zero-order chi connectivity index (χ0) is 7.56. The lowest BCUT2D eigenvalue weighted by Gasteiger charge is -2.11. The molecule has 0 bridgehead atoms. The molecule has 0 radical (unpaired) electrons. The predicted octanol–water partition coefficient (Wildman–Crippen LogP) is 0.596. The summed E-state index contributed by atoms with van der Waals surface area (Å²) in [5.74, 6) is 0.240. The molecule has 10 heavy (non-hydrogen) atoms. The zero-order valence-electron chi connectivity index (χ0n) is 5.83. The molecule has 1 N–H and O–H groups in total. The van der Waals surface area contributed by atoms with E-state index in [0.29, 0.717) is 6.54 Å². The van der Waals surface area contributed by atoms with Gasteiger partial charge in [0.2, 0.25) is 5.04 Å². The number of carboxylic acids is 1. The molecule has 0 aliphatic carbocycles. The summed E-state index contributed by atoms with van der Waals surface area (Å²) in [5, 5.41) is 9.56. The van der Waals surface area contributed by atoms with Gasteiger partial charge in [0.1, 0.15) is 6.42 Å². The number of aliphatic carboxylic acids is 1. The van der Waals surface area contributed by atoms with E-state index >= 15 is 0 Å². The number of carbonyl (C=O) groups is 1. The minimum absolute atomic E-state index is 0.248. The van der Waals surface area contributed by atoms with Crippen molar-refractivity contribution >= 4 is 22.8 Å². The van der Waals surface area contributed by atoms with Gasteiger partial charge in [0.15, 0.2) is 12.4 Å². The van der Waals surface area contributed by atoms with Gasteiger partial charge in [-0.05, 0) is 0 Å². The van der Waals surface area contributed by atoms with Crippen molar-refractivity contribution in [3.63, 3.8) is 0 Å². The van der Waals surface area contributed by atoms with Crippen LogP contribution in [-0.2, 0) is 4.79 Å². The Morgan fingerprint density at radius 3 is 2.90 bits per heavy atom. The van der Waals surface area contributed by atoms with Crippen molar-refractivity contribution < 1.29 is 14.5 Å². The Kier molecular flexibility index (Phi) is 2.32. The van der Waals surface area contributed by atoms with E-state index in [0.717, 1.165) is 5.88 Å². The molecule has 0 saturated carbocycles. The molecule has 0 saturated heterocycles. The number of rotatable bonds is 3. The van der Waals surface area contributed by atoms with E-state index in [1.807, 2.05) is 6.92 Å². The molecular weight excluding hydrogens is 150 g/mol. The largest absolute Gasteiger partial charge is 0.481 e. The second-order valence-electron chi connectivity index (χ2n) is 2.20. The molecule has 0 unspecified atom stereocenters. The van der Waals surface area contributed by atoms with E-state index in [-0.39, 0.29) is 6.42 Å². The van der Waals surface area contributed by atoms with Crippen molar-refractivity contribution in [3.05, 3.63) is 0 Å². The summed E-state index contributed by atoms with van der Waals surface area (Å²) in [6.45, 7) is 2.67. The summed E-state index contributed by atoms with van der Waals surface area (Å²) in [5.41, 5.74) is 0.